The molecule has 3 unspecified atom stereocenters. The van der Waals surface area contributed by atoms with E-state index in [0.29, 0.717) is 17.6 Å². The molecule has 0 fully saturated rings. The van der Waals surface area contributed by atoms with Crippen molar-refractivity contribution in [1.82, 2.24) is 0 Å². The number of likely N-dealkylation sites (N-methyl/N-ethyl adjacent to an activating group) is 1. The molecule has 0 aliphatic rings. The maximum atomic E-state index is 14.1. The minimum atomic E-state index is -4.57. The molecule has 0 saturated heterocycles. The van der Waals surface area contributed by atoms with E-state index in [-0.39, 0.29) is 13.0 Å². The van der Waals surface area contributed by atoms with Crippen LogP contribution in [0.3, 0.4) is 0 Å². The summed E-state index contributed by atoms with van der Waals surface area (Å²) in [6, 6.07) is 0. The first-order valence-corrected chi connectivity index (χ1v) is 18.0. The summed E-state index contributed by atoms with van der Waals surface area (Å²) in [5.41, 5.74) is 0. The molecule has 0 heterocycles. The zero-order valence-electron chi connectivity index (χ0n) is 25.1. The standard InChI is InChI=1S/C28H56FNO7P2/c1-6-8-10-11-12-13-14-15-16-17-18-19-20-21-23-34-28(26-36-38(29,31)25-9-7-2)27-37-39(32,33)35-24-22-30(3,4)5/h2,28H,6,8-27H2,1,3-5H3. The second kappa shape index (κ2) is 23.3. The van der Waals surface area contributed by atoms with Crippen LogP contribution >= 0.6 is 15.5 Å². The molecule has 0 aromatic heterocycles. The number of hydrogen-bond donors (Lipinski definition) is 0. The molecule has 0 amide bonds. The third-order valence-electron chi connectivity index (χ3n) is 6.26. The van der Waals surface area contributed by atoms with Gasteiger partial charge in [-0.3, -0.25) is 9.13 Å². The number of phosphoric acid groups is 1. The van der Waals surface area contributed by atoms with Crippen molar-refractivity contribution in [3.05, 3.63) is 0 Å². The Morgan fingerprint density at radius 2 is 1.28 bits per heavy atom. The molecule has 0 N–H and O–H groups in total. The first-order valence-electron chi connectivity index (χ1n) is 14.8. The van der Waals surface area contributed by atoms with Crippen LogP contribution in [0.15, 0.2) is 0 Å². The van der Waals surface area contributed by atoms with Crippen molar-refractivity contribution < 1.29 is 41.0 Å². The topological polar surface area (TPSA) is 94.1 Å². The van der Waals surface area contributed by atoms with Gasteiger partial charge in [-0.2, -0.15) is 4.20 Å². The van der Waals surface area contributed by atoms with Crippen molar-refractivity contribution in [2.75, 3.05) is 60.3 Å². The number of ether oxygens (including phenoxy) is 1. The predicted molar refractivity (Wildman–Crippen MR) is 155 cm³/mol. The largest absolute Gasteiger partial charge is 0.756 e. The Balaban J connectivity index is 4.25. The number of quaternary nitrogens is 1. The summed E-state index contributed by atoms with van der Waals surface area (Å²) >= 11 is 0. The van der Waals surface area contributed by atoms with Crippen LogP contribution in [0.5, 0.6) is 0 Å². The van der Waals surface area contributed by atoms with Gasteiger partial charge in [0.15, 0.2) is 0 Å². The molecule has 0 radical (unpaired) electrons. The lowest BCUT2D eigenvalue weighted by molar-refractivity contribution is -0.870. The Kier molecular flexibility index (Phi) is 23.1. The van der Waals surface area contributed by atoms with Gasteiger partial charge in [0.2, 0.25) is 0 Å². The third kappa shape index (κ3) is 27.6. The quantitative estimate of drug-likeness (QED) is 0.0404. The van der Waals surface area contributed by atoms with Gasteiger partial charge in [-0.25, -0.2) is 0 Å². The molecule has 0 aromatic rings. The van der Waals surface area contributed by atoms with Crippen LogP contribution < -0.4 is 4.89 Å². The van der Waals surface area contributed by atoms with Crippen LogP contribution in [0.1, 0.15) is 103 Å². The Bertz CT molecular complexity index is 728. The SMILES string of the molecule is C#CCCP(=O)(F)OCC(COP(=O)([O-])OCC[N+](C)(C)C)OCCCCCCCCCCCCCCCC. The fourth-order valence-electron chi connectivity index (χ4n) is 3.79. The lowest BCUT2D eigenvalue weighted by Crippen LogP contribution is -2.37. The van der Waals surface area contributed by atoms with Gasteiger partial charge in [-0.15, -0.1) is 12.3 Å². The Hall–Kier alpha value is -0.290. The number of halogens is 1. The molecule has 11 heteroatoms. The average Bonchev–Trinajstić information content (AvgIpc) is 2.85. The van der Waals surface area contributed by atoms with Crippen LogP contribution in [0.25, 0.3) is 0 Å². The second-order valence-corrected chi connectivity index (χ2v) is 14.5. The first kappa shape index (κ1) is 38.7. The van der Waals surface area contributed by atoms with E-state index >= 15 is 0 Å². The molecule has 0 aliphatic heterocycles. The molecule has 0 aromatic carbocycles. The van der Waals surface area contributed by atoms with Crippen LogP contribution in [0.4, 0.5) is 4.20 Å². The van der Waals surface area contributed by atoms with E-state index in [4.69, 9.17) is 24.7 Å². The molecule has 0 saturated carbocycles. The smallest absolute Gasteiger partial charge is 0.368 e. The summed E-state index contributed by atoms with van der Waals surface area (Å²) in [7, 11) is -3.24. The highest BCUT2D eigenvalue weighted by molar-refractivity contribution is 7.53. The maximum absolute atomic E-state index is 14.1. The Morgan fingerprint density at radius 1 is 0.795 bits per heavy atom. The zero-order valence-corrected chi connectivity index (χ0v) is 26.9. The summed E-state index contributed by atoms with van der Waals surface area (Å²) < 4.78 is 59.1. The lowest BCUT2D eigenvalue weighted by Gasteiger charge is -2.28. The highest BCUT2D eigenvalue weighted by Gasteiger charge is 2.25. The van der Waals surface area contributed by atoms with E-state index in [2.05, 4.69) is 12.8 Å². The van der Waals surface area contributed by atoms with Gasteiger partial charge < -0.3 is 27.7 Å². The van der Waals surface area contributed by atoms with E-state index in [1.54, 1.807) is 0 Å². The molecule has 0 spiro atoms. The molecule has 0 bridgehead atoms. The maximum Gasteiger partial charge on any atom is 0.368 e. The van der Waals surface area contributed by atoms with Crippen molar-refractivity contribution in [2.24, 2.45) is 0 Å². The lowest BCUT2D eigenvalue weighted by atomic mass is 10.0. The Labute approximate surface area is 238 Å². The van der Waals surface area contributed by atoms with Crippen LogP contribution in [-0.4, -0.2) is 70.9 Å². The van der Waals surface area contributed by atoms with Gasteiger partial charge in [0.25, 0.3) is 7.82 Å². The number of phosphoric ester groups is 1. The van der Waals surface area contributed by atoms with Crippen molar-refractivity contribution in [2.45, 2.75) is 109 Å². The summed E-state index contributed by atoms with van der Waals surface area (Å²) in [4.78, 5) is 12.1. The Morgan fingerprint density at radius 3 is 1.77 bits per heavy atom. The highest BCUT2D eigenvalue weighted by Crippen LogP contribution is 2.49. The van der Waals surface area contributed by atoms with Gasteiger partial charge in [0.05, 0.1) is 40.5 Å². The molecular formula is C28H56FNO7P2. The molecule has 8 nitrogen and oxygen atoms in total. The fraction of sp³-hybridized carbons (Fsp3) is 0.929. The molecular weight excluding hydrogens is 543 g/mol. The van der Waals surface area contributed by atoms with Crippen molar-refractivity contribution >= 4 is 15.5 Å². The first-order chi connectivity index (χ1) is 18.4. The normalized spacial score (nSPS) is 15.9. The number of hydrogen-bond acceptors (Lipinski definition) is 7. The van der Waals surface area contributed by atoms with Crippen LogP contribution in [0.2, 0.25) is 0 Å². The predicted octanol–water partition coefficient (Wildman–Crippen LogP) is 7.26. The van der Waals surface area contributed by atoms with Crippen molar-refractivity contribution in [3.8, 4) is 12.3 Å². The minimum absolute atomic E-state index is 0.0231. The molecule has 3 atom stereocenters. The average molecular weight is 600 g/mol. The van der Waals surface area contributed by atoms with Gasteiger partial charge in [-0.1, -0.05) is 90.4 Å². The van der Waals surface area contributed by atoms with Crippen molar-refractivity contribution in [1.29, 1.82) is 0 Å². The summed E-state index contributed by atoms with van der Waals surface area (Å²) in [5, 5.41) is 0. The number of unbranched alkanes of at least 4 members (excludes halogenated alkanes) is 13. The molecule has 0 aliphatic carbocycles. The monoisotopic (exact) mass is 599 g/mol. The number of terminal acetylenes is 1. The fourth-order valence-corrected chi connectivity index (χ4v) is 5.43. The highest BCUT2D eigenvalue weighted by atomic mass is 31.2. The van der Waals surface area contributed by atoms with E-state index in [0.717, 1.165) is 19.3 Å². The van der Waals surface area contributed by atoms with E-state index < -0.39 is 41.0 Å². The van der Waals surface area contributed by atoms with Crippen LogP contribution in [0, 0.1) is 12.3 Å². The third-order valence-corrected chi connectivity index (χ3v) is 8.51. The number of nitrogens with zero attached hydrogens (tertiary/aromatic N) is 1. The van der Waals surface area contributed by atoms with E-state index in [1.807, 2.05) is 21.1 Å². The van der Waals surface area contributed by atoms with Crippen molar-refractivity contribution in [3.63, 3.8) is 0 Å². The summed E-state index contributed by atoms with van der Waals surface area (Å²) in [6.07, 6.45) is 21.0. The number of rotatable bonds is 28. The summed E-state index contributed by atoms with van der Waals surface area (Å²) in [5.74, 6) is 2.23. The van der Waals surface area contributed by atoms with Gasteiger partial charge in [-0.05, 0) is 6.42 Å². The second-order valence-electron chi connectivity index (χ2n) is 11.2. The molecule has 39 heavy (non-hydrogen) atoms. The van der Waals surface area contributed by atoms with Gasteiger partial charge in [0.1, 0.15) is 19.3 Å². The van der Waals surface area contributed by atoms with Gasteiger partial charge >= 0.3 is 7.68 Å². The summed E-state index contributed by atoms with van der Waals surface area (Å²) in [6.45, 7) is 2.19. The van der Waals surface area contributed by atoms with Crippen LogP contribution in [-0.2, 0) is 27.4 Å². The van der Waals surface area contributed by atoms with Gasteiger partial charge in [0, 0.05) is 13.0 Å². The minimum Gasteiger partial charge on any atom is -0.756 e. The molecule has 232 valence electrons. The zero-order chi connectivity index (χ0) is 29.5. The molecule has 0 rings (SSSR count). The van der Waals surface area contributed by atoms with E-state index in [1.165, 1.54) is 70.6 Å². The van der Waals surface area contributed by atoms with E-state index in [9.17, 15) is 18.2 Å².